The number of carbonyl (C=O) groups is 2. The molecule has 26 heavy (non-hydrogen) atoms. The van der Waals surface area contributed by atoms with E-state index in [4.69, 9.17) is 4.74 Å². The predicted octanol–water partition coefficient (Wildman–Crippen LogP) is 2.65. The molecule has 5 nitrogen and oxygen atoms in total. The van der Waals surface area contributed by atoms with Gasteiger partial charge in [0.25, 0.3) is 5.91 Å². The zero-order valence-electron chi connectivity index (χ0n) is 15.2. The number of benzene rings is 1. The fraction of sp³-hybridized carbons (Fsp3) is 0.619. The van der Waals surface area contributed by atoms with Crippen molar-refractivity contribution in [1.82, 2.24) is 10.6 Å². The van der Waals surface area contributed by atoms with Gasteiger partial charge in [0.2, 0.25) is 5.91 Å². The Hall–Kier alpha value is -1.88. The Morgan fingerprint density at radius 1 is 1.12 bits per heavy atom. The summed E-state index contributed by atoms with van der Waals surface area (Å²) >= 11 is 0. The molecule has 0 unspecified atom stereocenters. The van der Waals surface area contributed by atoms with Crippen molar-refractivity contribution in [3.63, 3.8) is 0 Å². The number of rotatable bonds is 6. The van der Waals surface area contributed by atoms with Gasteiger partial charge in [-0.25, -0.2) is 0 Å². The Kier molecular flexibility index (Phi) is 5.25. The summed E-state index contributed by atoms with van der Waals surface area (Å²) in [4.78, 5) is 24.8. The van der Waals surface area contributed by atoms with E-state index >= 15 is 0 Å². The molecule has 4 atom stereocenters. The normalized spacial score (nSPS) is 29.7. The van der Waals surface area contributed by atoms with E-state index in [1.165, 1.54) is 19.3 Å². The topological polar surface area (TPSA) is 67.4 Å². The molecule has 1 aliphatic heterocycles. The van der Waals surface area contributed by atoms with Crippen LogP contribution in [0.25, 0.3) is 0 Å². The van der Waals surface area contributed by atoms with Crippen molar-refractivity contribution in [3.05, 3.63) is 35.4 Å². The van der Waals surface area contributed by atoms with Crippen molar-refractivity contribution in [2.75, 3.05) is 13.2 Å². The quantitative estimate of drug-likeness (QED) is 0.823. The van der Waals surface area contributed by atoms with E-state index in [0.717, 1.165) is 37.4 Å². The largest absolute Gasteiger partial charge is 0.376 e. The average molecular weight is 356 g/mol. The number of ether oxygens (including phenoxy) is 1. The van der Waals surface area contributed by atoms with Crippen LogP contribution in [0.4, 0.5) is 0 Å². The number of amides is 2. The lowest BCUT2D eigenvalue weighted by Crippen LogP contribution is -2.33. The van der Waals surface area contributed by atoms with E-state index in [1.807, 2.05) is 24.3 Å². The average Bonchev–Trinajstić information content (AvgIpc) is 3.42. The third-order valence-corrected chi connectivity index (χ3v) is 6.25. The van der Waals surface area contributed by atoms with Crippen molar-refractivity contribution in [2.45, 2.75) is 51.2 Å². The molecule has 1 heterocycles. The van der Waals surface area contributed by atoms with Gasteiger partial charge in [-0.2, -0.15) is 0 Å². The number of fused-ring (bicyclic) bond motifs is 2. The highest BCUT2D eigenvalue weighted by Gasteiger charge is 2.42. The fourth-order valence-electron chi connectivity index (χ4n) is 4.82. The van der Waals surface area contributed by atoms with E-state index in [9.17, 15) is 9.59 Å². The van der Waals surface area contributed by atoms with Crippen LogP contribution in [-0.4, -0.2) is 31.1 Å². The molecular weight excluding hydrogens is 328 g/mol. The molecule has 1 aromatic carbocycles. The molecule has 2 N–H and O–H groups in total. The minimum Gasteiger partial charge on any atom is -0.376 e. The molecular formula is C21H28N2O3. The summed E-state index contributed by atoms with van der Waals surface area (Å²) in [6.07, 6.45) is 7.03. The molecule has 5 heteroatoms. The van der Waals surface area contributed by atoms with E-state index in [1.54, 1.807) is 0 Å². The summed E-state index contributed by atoms with van der Waals surface area (Å²) in [5.41, 5.74) is 1.60. The Bertz CT molecular complexity index is 669. The smallest absolute Gasteiger partial charge is 0.251 e. The Labute approximate surface area is 154 Å². The fourth-order valence-corrected chi connectivity index (χ4v) is 4.82. The van der Waals surface area contributed by atoms with Crippen LogP contribution in [0.5, 0.6) is 0 Å². The van der Waals surface area contributed by atoms with Gasteiger partial charge in [0.05, 0.1) is 6.10 Å². The van der Waals surface area contributed by atoms with Crippen molar-refractivity contribution < 1.29 is 14.3 Å². The van der Waals surface area contributed by atoms with Gasteiger partial charge >= 0.3 is 0 Å². The highest BCUT2D eigenvalue weighted by Crippen LogP contribution is 2.48. The predicted molar refractivity (Wildman–Crippen MR) is 98.5 cm³/mol. The van der Waals surface area contributed by atoms with E-state index in [0.29, 0.717) is 24.6 Å². The molecule has 0 aromatic heterocycles. The van der Waals surface area contributed by atoms with Crippen LogP contribution in [0, 0.1) is 17.8 Å². The van der Waals surface area contributed by atoms with Gasteiger partial charge in [-0.05, 0) is 61.6 Å². The van der Waals surface area contributed by atoms with Crippen molar-refractivity contribution in [3.8, 4) is 0 Å². The first-order valence-electron chi connectivity index (χ1n) is 9.95. The summed E-state index contributed by atoms with van der Waals surface area (Å²) in [6.45, 7) is 1.84. The van der Waals surface area contributed by atoms with Gasteiger partial charge in [0, 0.05) is 31.2 Å². The van der Waals surface area contributed by atoms with Gasteiger partial charge in [0.15, 0.2) is 0 Å². The summed E-state index contributed by atoms with van der Waals surface area (Å²) in [5, 5.41) is 6.02. The molecule has 2 aliphatic carbocycles. The maximum Gasteiger partial charge on any atom is 0.251 e. The number of nitrogens with one attached hydrogen (secondary N) is 2. The van der Waals surface area contributed by atoms with Gasteiger partial charge in [-0.15, -0.1) is 0 Å². The molecule has 3 aliphatic rings. The monoisotopic (exact) mass is 356 g/mol. The van der Waals surface area contributed by atoms with Crippen molar-refractivity contribution in [2.24, 2.45) is 17.8 Å². The highest BCUT2D eigenvalue weighted by molar-refractivity contribution is 5.94. The first-order valence-corrected chi connectivity index (χ1v) is 9.95. The number of hydrogen-bond donors (Lipinski definition) is 2. The van der Waals surface area contributed by atoms with Crippen LogP contribution < -0.4 is 10.6 Å². The molecule has 0 spiro atoms. The van der Waals surface area contributed by atoms with Crippen molar-refractivity contribution in [1.29, 1.82) is 0 Å². The Morgan fingerprint density at radius 2 is 2.04 bits per heavy atom. The summed E-state index contributed by atoms with van der Waals surface area (Å²) in [7, 11) is 0. The summed E-state index contributed by atoms with van der Waals surface area (Å²) in [6, 6.07) is 7.51. The first kappa shape index (κ1) is 17.5. The first-order chi connectivity index (χ1) is 12.7. The minimum absolute atomic E-state index is 0.0817. The minimum atomic E-state index is -0.0817. The zero-order valence-corrected chi connectivity index (χ0v) is 15.2. The number of hydrogen-bond acceptors (Lipinski definition) is 3. The van der Waals surface area contributed by atoms with E-state index < -0.39 is 0 Å². The van der Waals surface area contributed by atoms with Crippen LogP contribution in [0.2, 0.25) is 0 Å². The third kappa shape index (κ3) is 3.93. The second-order valence-electron chi connectivity index (χ2n) is 8.04. The van der Waals surface area contributed by atoms with Crippen LogP contribution in [0.1, 0.15) is 54.4 Å². The molecule has 2 saturated carbocycles. The van der Waals surface area contributed by atoms with Crippen LogP contribution in [0.3, 0.4) is 0 Å². The van der Waals surface area contributed by atoms with Crippen LogP contribution >= 0.6 is 0 Å². The molecule has 2 amide bonds. The molecule has 2 bridgehead atoms. The van der Waals surface area contributed by atoms with Gasteiger partial charge in [-0.1, -0.05) is 18.6 Å². The van der Waals surface area contributed by atoms with Crippen LogP contribution in [-0.2, 0) is 16.1 Å². The zero-order chi connectivity index (χ0) is 17.9. The Balaban J connectivity index is 1.28. The summed E-state index contributed by atoms with van der Waals surface area (Å²) in [5.74, 6) is 1.67. The maximum absolute atomic E-state index is 12.5. The lowest BCUT2D eigenvalue weighted by molar-refractivity contribution is -0.126. The number of carbonyl (C=O) groups excluding carboxylic acids is 2. The third-order valence-electron chi connectivity index (χ3n) is 6.25. The van der Waals surface area contributed by atoms with Gasteiger partial charge < -0.3 is 15.4 Å². The molecule has 1 saturated heterocycles. The van der Waals surface area contributed by atoms with Gasteiger partial charge in [0.1, 0.15) is 0 Å². The standard InChI is InChI=1S/C21H28N2O3/c24-20(23-13-18-5-2-8-26-18)17-4-1-3-15(10-17)12-22-21(25)19-11-14-6-7-16(19)9-14/h1,3-4,10,14,16,18-19H,2,5-9,11-13H2,(H,22,25)(H,23,24)/t14-,16-,18-,19-/m0/s1. The molecule has 1 aromatic rings. The Morgan fingerprint density at radius 3 is 2.77 bits per heavy atom. The highest BCUT2D eigenvalue weighted by atomic mass is 16.5. The van der Waals surface area contributed by atoms with Gasteiger partial charge in [-0.3, -0.25) is 9.59 Å². The van der Waals surface area contributed by atoms with E-state index in [-0.39, 0.29) is 23.8 Å². The lowest BCUT2D eigenvalue weighted by atomic mass is 9.88. The lowest BCUT2D eigenvalue weighted by Gasteiger charge is -2.20. The van der Waals surface area contributed by atoms with Crippen molar-refractivity contribution >= 4 is 11.8 Å². The maximum atomic E-state index is 12.5. The van der Waals surface area contributed by atoms with E-state index in [2.05, 4.69) is 10.6 Å². The van der Waals surface area contributed by atoms with Crippen LogP contribution in [0.15, 0.2) is 24.3 Å². The second-order valence-corrected chi connectivity index (χ2v) is 8.04. The second kappa shape index (κ2) is 7.78. The molecule has 4 rings (SSSR count). The molecule has 0 radical (unpaired) electrons. The molecule has 3 fully saturated rings. The SMILES string of the molecule is O=C(NC[C@@H]1CCCO1)c1cccc(CNC(=O)[C@H]2C[C@H]3CC[C@H]2C3)c1. The molecule has 140 valence electrons. The summed E-state index contributed by atoms with van der Waals surface area (Å²) < 4.78 is 5.54.